The van der Waals surface area contributed by atoms with Crippen LogP contribution in [-0.2, 0) is 9.59 Å². The van der Waals surface area contributed by atoms with Gasteiger partial charge >= 0.3 is 11.9 Å². The topological polar surface area (TPSA) is 115 Å². The van der Waals surface area contributed by atoms with Crippen LogP contribution in [0.2, 0.25) is 0 Å². The van der Waals surface area contributed by atoms with E-state index in [2.05, 4.69) is 107 Å². The highest BCUT2D eigenvalue weighted by Crippen LogP contribution is 2.38. The van der Waals surface area contributed by atoms with E-state index in [0.29, 0.717) is 9.75 Å². The van der Waals surface area contributed by atoms with Crippen LogP contribution < -0.4 is 9.64 Å². The molecule has 10 heteroatoms. The van der Waals surface area contributed by atoms with Gasteiger partial charge in [-0.3, -0.25) is 4.79 Å². The summed E-state index contributed by atoms with van der Waals surface area (Å²) in [5.74, 6) is -1.67. The number of carboxylic acid groups (broad SMARTS) is 2. The van der Waals surface area contributed by atoms with Gasteiger partial charge in [-0.15, -0.1) is 22.7 Å². The molecule has 8 nitrogen and oxygen atoms in total. The van der Waals surface area contributed by atoms with Crippen molar-refractivity contribution in [2.24, 2.45) is 0 Å². The minimum absolute atomic E-state index is 0.295. The Kier molecular flexibility index (Phi) is 13.0. The van der Waals surface area contributed by atoms with Crippen LogP contribution in [0.4, 0.5) is 17.1 Å². The van der Waals surface area contributed by atoms with Gasteiger partial charge in [0.25, 0.3) is 5.70 Å². The molecule has 0 saturated heterocycles. The van der Waals surface area contributed by atoms with Gasteiger partial charge in [0, 0.05) is 36.6 Å². The normalized spacial score (nSPS) is 11.7. The standard InChI is InChI=1S/C55H37N3O5S2/c1-57-51(55(61)62)34-50-28-30-53(65-50)41-17-9-37(10-18-41)4-6-39-13-23-46(24-14-39)58(47-25-19-43-32-48(63-2)26-20-42(43)31-47)45-21-11-38(12-22-45)5-3-36-7-15-40(16-8-36)52-29-27-49(64-52)33-44(35-56)54(59)60/h3-34H,2H3,(H,59,60)(H,61,62)/b5-3+,6-4+,44-33-,51-34-. The molecular weight excluding hydrogens is 847 g/mol. The summed E-state index contributed by atoms with van der Waals surface area (Å²) in [6.45, 7) is 7.10. The molecular formula is C55H37N3O5S2. The van der Waals surface area contributed by atoms with Crippen molar-refractivity contribution in [2.75, 3.05) is 12.0 Å². The Bertz CT molecular complexity index is 3070. The van der Waals surface area contributed by atoms with Crippen LogP contribution in [0.25, 0.3) is 73.0 Å². The zero-order valence-electron chi connectivity index (χ0n) is 34.8. The predicted octanol–water partition coefficient (Wildman–Crippen LogP) is 14.5. The molecule has 0 saturated carbocycles. The van der Waals surface area contributed by atoms with Crippen LogP contribution in [0.15, 0.2) is 169 Å². The lowest BCUT2D eigenvalue weighted by atomic mass is 10.1. The third-order valence-corrected chi connectivity index (χ3v) is 12.6. The predicted molar refractivity (Wildman–Crippen MR) is 266 cm³/mol. The molecule has 0 aliphatic rings. The summed E-state index contributed by atoms with van der Waals surface area (Å²) in [4.78, 5) is 31.2. The maximum absolute atomic E-state index is 11.3. The molecule has 6 aromatic carbocycles. The molecule has 2 N–H and O–H groups in total. The summed E-state index contributed by atoms with van der Waals surface area (Å²) in [6, 6.07) is 55.0. The van der Waals surface area contributed by atoms with Crippen LogP contribution >= 0.6 is 22.7 Å². The number of aliphatic carboxylic acids is 2. The van der Waals surface area contributed by atoms with Crippen molar-refractivity contribution in [3.8, 4) is 32.7 Å². The SMILES string of the molecule is [C-]#[N+]/C(=C\c1ccc(-c2ccc(/C=C/c3ccc(N(c4ccc(/C=C/c5ccc(-c6ccc(/C=C(/C#N)C(=O)O)s6)cc5)cc4)c4ccc5cc(OC)ccc5c4)cc3)cc2)s1)C(=O)O. The van der Waals surface area contributed by atoms with Crippen molar-refractivity contribution in [2.45, 2.75) is 0 Å². The first-order valence-electron chi connectivity index (χ1n) is 20.2. The number of benzene rings is 6. The Morgan fingerprint density at radius 2 is 1.03 bits per heavy atom. The number of hydrogen-bond acceptors (Lipinski definition) is 7. The number of methoxy groups -OCH3 is 1. The molecule has 0 fully saturated rings. The van der Waals surface area contributed by atoms with Crippen LogP contribution in [0, 0.1) is 17.9 Å². The summed E-state index contributed by atoms with van der Waals surface area (Å²) < 4.78 is 5.48. The van der Waals surface area contributed by atoms with Crippen LogP contribution in [-0.4, -0.2) is 29.3 Å². The Morgan fingerprint density at radius 3 is 1.48 bits per heavy atom. The number of carbonyl (C=O) groups is 2. The number of fused-ring (bicyclic) bond motifs is 1. The first-order chi connectivity index (χ1) is 31.7. The van der Waals surface area contributed by atoms with E-state index in [1.165, 1.54) is 34.8 Å². The number of hydrogen-bond donors (Lipinski definition) is 2. The van der Waals surface area contributed by atoms with Gasteiger partial charge in [-0.2, -0.15) is 5.26 Å². The van der Waals surface area contributed by atoms with Crippen LogP contribution in [0.3, 0.4) is 0 Å². The van der Waals surface area contributed by atoms with E-state index < -0.39 is 11.9 Å². The number of nitrogens with zero attached hydrogens (tertiary/aromatic N) is 3. The molecule has 0 aliphatic carbocycles. The van der Waals surface area contributed by atoms with Gasteiger partial charge in [0.2, 0.25) is 0 Å². The third-order valence-electron chi connectivity index (χ3n) is 10.4. The Balaban J connectivity index is 0.993. The minimum Gasteiger partial charge on any atom is -0.497 e. The molecule has 0 amide bonds. The molecule has 8 rings (SSSR count). The van der Waals surface area contributed by atoms with Crippen molar-refractivity contribution >= 4 is 98.9 Å². The summed E-state index contributed by atoms with van der Waals surface area (Å²) in [5, 5.41) is 29.7. The first kappa shape index (κ1) is 43.1. The average Bonchev–Trinajstić information content (AvgIpc) is 4.02. The lowest BCUT2D eigenvalue weighted by Gasteiger charge is -2.26. The highest BCUT2D eigenvalue weighted by atomic mass is 32.1. The van der Waals surface area contributed by atoms with Gasteiger partial charge in [0.15, 0.2) is 0 Å². The van der Waals surface area contributed by atoms with Crippen molar-refractivity contribution in [3.05, 3.63) is 212 Å². The summed E-state index contributed by atoms with van der Waals surface area (Å²) in [7, 11) is 1.67. The van der Waals surface area contributed by atoms with E-state index in [-0.39, 0.29) is 11.3 Å². The van der Waals surface area contributed by atoms with E-state index in [1.54, 1.807) is 13.2 Å². The molecule has 0 unspecified atom stereocenters. The van der Waals surface area contributed by atoms with E-state index in [1.807, 2.05) is 84.9 Å². The third kappa shape index (κ3) is 10.4. The number of anilines is 3. The van der Waals surface area contributed by atoms with Crippen molar-refractivity contribution < 1.29 is 24.5 Å². The lowest BCUT2D eigenvalue weighted by molar-refractivity contribution is -0.133. The Labute approximate surface area is 384 Å². The second kappa shape index (κ2) is 19.7. The molecule has 314 valence electrons. The maximum Gasteiger partial charge on any atom is 0.346 e. The molecule has 0 aliphatic heterocycles. The average molecular weight is 884 g/mol. The number of ether oxygens (including phenoxy) is 1. The van der Waals surface area contributed by atoms with Gasteiger partial charge < -0.3 is 19.8 Å². The maximum atomic E-state index is 11.3. The van der Waals surface area contributed by atoms with Gasteiger partial charge in [-0.1, -0.05) is 109 Å². The Morgan fingerprint density at radius 1 is 0.585 bits per heavy atom. The summed E-state index contributed by atoms with van der Waals surface area (Å²) >= 11 is 2.87. The fraction of sp³-hybridized carbons (Fsp3) is 0.0182. The van der Waals surface area contributed by atoms with Crippen molar-refractivity contribution in [1.29, 1.82) is 5.26 Å². The number of carboxylic acids is 2. The molecule has 2 aromatic heterocycles. The highest BCUT2D eigenvalue weighted by Gasteiger charge is 2.14. The van der Waals surface area contributed by atoms with E-state index in [4.69, 9.17) is 16.6 Å². The zero-order chi connectivity index (χ0) is 45.3. The first-order valence-corrected chi connectivity index (χ1v) is 21.8. The second-order valence-electron chi connectivity index (χ2n) is 14.7. The van der Waals surface area contributed by atoms with Crippen LogP contribution in [0.5, 0.6) is 5.75 Å². The summed E-state index contributed by atoms with van der Waals surface area (Å²) in [5.41, 5.74) is 8.58. The molecule has 0 radical (unpaired) electrons. The Hall–Kier alpha value is -8.54. The number of rotatable bonds is 14. The zero-order valence-corrected chi connectivity index (χ0v) is 36.4. The highest BCUT2D eigenvalue weighted by molar-refractivity contribution is 7.16. The largest absolute Gasteiger partial charge is 0.497 e. The monoisotopic (exact) mass is 883 g/mol. The van der Waals surface area contributed by atoms with Gasteiger partial charge in [-0.25, -0.2) is 9.64 Å². The van der Waals surface area contributed by atoms with Gasteiger partial charge in [-0.05, 0) is 129 Å². The quantitative estimate of drug-likeness (QED) is 0.0484. The number of thiophene rings is 2. The van der Waals surface area contributed by atoms with Gasteiger partial charge in [0.1, 0.15) is 17.4 Å². The molecule has 0 atom stereocenters. The van der Waals surface area contributed by atoms with Crippen LogP contribution in [0.1, 0.15) is 32.0 Å². The summed E-state index contributed by atoms with van der Waals surface area (Å²) in [6.07, 6.45) is 11.1. The van der Waals surface area contributed by atoms with Crippen molar-refractivity contribution in [1.82, 2.24) is 0 Å². The smallest absolute Gasteiger partial charge is 0.346 e. The lowest BCUT2D eigenvalue weighted by Crippen LogP contribution is -2.09. The molecule has 0 spiro atoms. The molecule has 2 heterocycles. The van der Waals surface area contributed by atoms with E-state index in [9.17, 15) is 19.8 Å². The second-order valence-corrected chi connectivity index (χ2v) is 16.9. The molecule has 65 heavy (non-hydrogen) atoms. The van der Waals surface area contributed by atoms with Gasteiger partial charge in [0.05, 0.1) is 13.7 Å². The fourth-order valence-corrected chi connectivity index (χ4v) is 8.93. The van der Waals surface area contributed by atoms with E-state index >= 15 is 0 Å². The number of nitriles is 1. The van der Waals surface area contributed by atoms with Crippen molar-refractivity contribution in [3.63, 3.8) is 0 Å². The fourth-order valence-electron chi connectivity index (χ4n) is 7.03. The minimum atomic E-state index is -1.24. The molecule has 0 bridgehead atoms. The van der Waals surface area contributed by atoms with E-state index in [0.717, 1.165) is 76.7 Å². The molecule has 8 aromatic rings.